The first-order chi connectivity index (χ1) is 7.78. The number of nitrogens with one attached hydrogen (secondary N) is 1. The zero-order valence-electron chi connectivity index (χ0n) is 11.3. The predicted octanol–water partition coefficient (Wildman–Crippen LogP) is 2.50. The van der Waals surface area contributed by atoms with Crippen LogP contribution in [0.4, 0.5) is 0 Å². The van der Waals surface area contributed by atoms with Crippen molar-refractivity contribution in [3.05, 3.63) is 0 Å². The van der Waals surface area contributed by atoms with Crippen molar-refractivity contribution in [2.24, 2.45) is 0 Å². The Bertz CT molecular complexity index is 180. The first-order valence-corrected chi connectivity index (χ1v) is 6.67. The SMILES string of the molecule is C#CCCCC(CCN(CC)CC)NCC. The number of hydrogen-bond donors (Lipinski definition) is 1. The fraction of sp³-hybridized carbons (Fsp3) is 0.857. The summed E-state index contributed by atoms with van der Waals surface area (Å²) in [5.41, 5.74) is 0. The number of unbranched alkanes of at least 4 members (excludes halogenated alkanes) is 1. The molecule has 1 unspecified atom stereocenters. The van der Waals surface area contributed by atoms with Crippen LogP contribution in [0.1, 0.15) is 46.5 Å². The molecule has 0 aliphatic heterocycles. The van der Waals surface area contributed by atoms with Crippen molar-refractivity contribution in [1.82, 2.24) is 10.2 Å². The molecule has 1 N–H and O–H groups in total. The van der Waals surface area contributed by atoms with E-state index in [2.05, 4.69) is 36.9 Å². The average molecular weight is 224 g/mol. The molecule has 0 saturated carbocycles. The van der Waals surface area contributed by atoms with Crippen LogP contribution >= 0.6 is 0 Å². The summed E-state index contributed by atoms with van der Waals surface area (Å²) in [6, 6.07) is 0.638. The van der Waals surface area contributed by atoms with Gasteiger partial charge in [0.15, 0.2) is 0 Å². The van der Waals surface area contributed by atoms with E-state index in [4.69, 9.17) is 6.42 Å². The van der Waals surface area contributed by atoms with Crippen molar-refractivity contribution < 1.29 is 0 Å². The van der Waals surface area contributed by atoms with Gasteiger partial charge in [0, 0.05) is 12.5 Å². The lowest BCUT2D eigenvalue weighted by atomic mass is 10.1. The lowest BCUT2D eigenvalue weighted by Crippen LogP contribution is -2.34. The molecule has 0 aliphatic rings. The molecule has 0 radical (unpaired) electrons. The second kappa shape index (κ2) is 11.0. The van der Waals surface area contributed by atoms with E-state index >= 15 is 0 Å². The zero-order valence-corrected chi connectivity index (χ0v) is 11.3. The largest absolute Gasteiger partial charge is 0.314 e. The number of hydrogen-bond acceptors (Lipinski definition) is 2. The van der Waals surface area contributed by atoms with Gasteiger partial charge in [0.05, 0.1) is 0 Å². The Morgan fingerprint density at radius 2 is 1.88 bits per heavy atom. The summed E-state index contributed by atoms with van der Waals surface area (Å²) < 4.78 is 0. The van der Waals surface area contributed by atoms with Crippen LogP contribution in [-0.4, -0.2) is 37.1 Å². The van der Waals surface area contributed by atoms with Crippen LogP contribution in [0.25, 0.3) is 0 Å². The summed E-state index contributed by atoms with van der Waals surface area (Å²) in [6.07, 6.45) is 9.77. The highest BCUT2D eigenvalue weighted by Gasteiger charge is 2.08. The molecule has 0 aromatic rings. The van der Waals surface area contributed by atoms with Gasteiger partial charge in [-0.05, 0) is 45.4 Å². The minimum atomic E-state index is 0.638. The quantitative estimate of drug-likeness (QED) is 0.453. The molecule has 0 heterocycles. The van der Waals surface area contributed by atoms with Crippen molar-refractivity contribution in [3.8, 4) is 12.3 Å². The molecule has 2 heteroatoms. The van der Waals surface area contributed by atoms with Gasteiger partial charge in [0.1, 0.15) is 0 Å². The van der Waals surface area contributed by atoms with E-state index in [-0.39, 0.29) is 0 Å². The third-order valence-electron chi connectivity index (χ3n) is 3.05. The third-order valence-corrected chi connectivity index (χ3v) is 3.05. The van der Waals surface area contributed by atoms with Crippen LogP contribution in [0.5, 0.6) is 0 Å². The van der Waals surface area contributed by atoms with Crippen LogP contribution in [0.3, 0.4) is 0 Å². The van der Waals surface area contributed by atoms with Crippen molar-refractivity contribution in [2.45, 2.75) is 52.5 Å². The number of rotatable bonds is 10. The zero-order chi connectivity index (χ0) is 12.2. The van der Waals surface area contributed by atoms with Gasteiger partial charge in [-0.1, -0.05) is 20.8 Å². The fourth-order valence-electron chi connectivity index (χ4n) is 1.97. The van der Waals surface area contributed by atoms with Crippen molar-refractivity contribution in [3.63, 3.8) is 0 Å². The lowest BCUT2D eigenvalue weighted by Gasteiger charge is -2.23. The summed E-state index contributed by atoms with van der Waals surface area (Å²) in [6.45, 7) is 11.2. The Labute approximate surface area is 102 Å². The topological polar surface area (TPSA) is 15.3 Å². The van der Waals surface area contributed by atoms with Crippen molar-refractivity contribution in [1.29, 1.82) is 0 Å². The highest BCUT2D eigenvalue weighted by Crippen LogP contribution is 2.05. The van der Waals surface area contributed by atoms with Gasteiger partial charge in [-0.2, -0.15) is 0 Å². The Kier molecular flexibility index (Phi) is 10.6. The van der Waals surface area contributed by atoms with Crippen molar-refractivity contribution >= 4 is 0 Å². The smallest absolute Gasteiger partial charge is 0.00866 e. The first-order valence-electron chi connectivity index (χ1n) is 6.67. The van der Waals surface area contributed by atoms with E-state index in [0.29, 0.717) is 6.04 Å². The van der Waals surface area contributed by atoms with Crippen LogP contribution in [0, 0.1) is 12.3 Å². The molecule has 0 aromatic heterocycles. The summed E-state index contributed by atoms with van der Waals surface area (Å²) in [4.78, 5) is 2.48. The normalized spacial score (nSPS) is 12.7. The van der Waals surface area contributed by atoms with Gasteiger partial charge in [-0.3, -0.25) is 0 Å². The van der Waals surface area contributed by atoms with Gasteiger partial charge in [-0.15, -0.1) is 12.3 Å². The van der Waals surface area contributed by atoms with E-state index in [0.717, 1.165) is 32.5 Å². The van der Waals surface area contributed by atoms with Gasteiger partial charge < -0.3 is 10.2 Å². The Morgan fingerprint density at radius 3 is 2.38 bits per heavy atom. The number of terminal acetylenes is 1. The molecule has 0 rings (SSSR count). The molecule has 16 heavy (non-hydrogen) atoms. The molecule has 2 nitrogen and oxygen atoms in total. The lowest BCUT2D eigenvalue weighted by molar-refractivity contribution is 0.277. The highest BCUT2D eigenvalue weighted by molar-refractivity contribution is 4.84. The van der Waals surface area contributed by atoms with Crippen LogP contribution in [0.2, 0.25) is 0 Å². The monoisotopic (exact) mass is 224 g/mol. The van der Waals surface area contributed by atoms with E-state index in [1.165, 1.54) is 19.4 Å². The standard InChI is InChI=1S/C14H28N2/c1-5-9-10-11-14(15-6-2)12-13-16(7-3)8-4/h1,14-15H,6-13H2,2-4H3. The molecule has 0 spiro atoms. The van der Waals surface area contributed by atoms with Crippen LogP contribution in [0.15, 0.2) is 0 Å². The van der Waals surface area contributed by atoms with Gasteiger partial charge in [-0.25, -0.2) is 0 Å². The van der Waals surface area contributed by atoms with E-state index < -0.39 is 0 Å². The Hall–Kier alpha value is -0.520. The van der Waals surface area contributed by atoms with Gasteiger partial charge in [0.2, 0.25) is 0 Å². The summed E-state index contributed by atoms with van der Waals surface area (Å²) in [5.74, 6) is 2.71. The summed E-state index contributed by atoms with van der Waals surface area (Å²) >= 11 is 0. The Morgan fingerprint density at radius 1 is 1.19 bits per heavy atom. The van der Waals surface area contributed by atoms with Gasteiger partial charge >= 0.3 is 0 Å². The van der Waals surface area contributed by atoms with E-state index in [1.807, 2.05) is 0 Å². The van der Waals surface area contributed by atoms with E-state index in [1.54, 1.807) is 0 Å². The van der Waals surface area contributed by atoms with Crippen LogP contribution in [-0.2, 0) is 0 Å². The molecule has 0 bridgehead atoms. The van der Waals surface area contributed by atoms with Crippen LogP contribution < -0.4 is 5.32 Å². The molecule has 0 aromatic carbocycles. The maximum Gasteiger partial charge on any atom is 0.00866 e. The molecule has 1 atom stereocenters. The van der Waals surface area contributed by atoms with Crippen molar-refractivity contribution in [2.75, 3.05) is 26.2 Å². The second-order valence-electron chi connectivity index (χ2n) is 4.17. The minimum absolute atomic E-state index is 0.638. The highest BCUT2D eigenvalue weighted by atomic mass is 15.1. The fourth-order valence-corrected chi connectivity index (χ4v) is 1.97. The van der Waals surface area contributed by atoms with Gasteiger partial charge in [0.25, 0.3) is 0 Å². The summed E-state index contributed by atoms with van der Waals surface area (Å²) in [5, 5.41) is 3.55. The molecule has 94 valence electrons. The molecule has 0 amide bonds. The first kappa shape index (κ1) is 15.5. The third kappa shape index (κ3) is 7.73. The molecular weight excluding hydrogens is 196 g/mol. The predicted molar refractivity (Wildman–Crippen MR) is 72.6 cm³/mol. The summed E-state index contributed by atoms with van der Waals surface area (Å²) in [7, 11) is 0. The molecule has 0 saturated heterocycles. The maximum absolute atomic E-state index is 5.28. The molecular formula is C14H28N2. The Balaban J connectivity index is 3.78. The second-order valence-corrected chi connectivity index (χ2v) is 4.17. The number of nitrogens with zero attached hydrogens (tertiary/aromatic N) is 1. The molecule has 0 fully saturated rings. The average Bonchev–Trinajstić information content (AvgIpc) is 2.30. The maximum atomic E-state index is 5.28. The minimum Gasteiger partial charge on any atom is -0.314 e. The van der Waals surface area contributed by atoms with E-state index in [9.17, 15) is 0 Å². The molecule has 0 aliphatic carbocycles.